The Bertz CT molecular complexity index is 1260. The maximum absolute atomic E-state index is 14.4. The molecule has 0 spiro atoms. The number of piperidine rings is 1. The van der Waals surface area contributed by atoms with E-state index in [1.165, 1.54) is 6.08 Å². The van der Waals surface area contributed by atoms with Crippen LogP contribution in [0.1, 0.15) is 92.9 Å². The third kappa shape index (κ3) is 8.02. The Morgan fingerprint density at radius 2 is 1.81 bits per heavy atom. The predicted molar refractivity (Wildman–Crippen MR) is 187 cm³/mol. The Morgan fingerprint density at radius 3 is 2.38 bits per heavy atom. The topological polar surface area (TPSA) is 163 Å². The summed E-state index contributed by atoms with van der Waals surface area (Å²) in [5, 5.41) is 8.54. The van der Waals surface area contributed by atoms with E-state index in [0.717, 1.165) is 25.7 Å². The Kier molecular flexibility index (Phi) is 11.8. The molecule has 2 aliphatic heterocycles. The zero-order chi connectivity index (χ0) is 34.7. The van der Waals surface area contributed by atoms with Crippen molar-refractivity contribution < 1.29 is 33.5 Å². The molecule has 0 aromatic heterocycles. The molecule has 0 aromatic carbocycles. The summed E-state index contributed by atoms with van der Waals surface area (Å²) in [6.45, 7) is 16.1. The van der Waals surface area contributed by atoms with E-state index < -0.39 is 70.9 Å². The number of ether oxygens (including phenoxy) is 1. The van der Waals surface area contributed by atoms with Crippen molar-refractivity contribution in [2.75, 3.05) is 24.1 Å². The number of amides is 5. The van der Waals surface area contributed by atoms with Crippen molar-refractivity contribution in [3.63, 3.8) is 0 Å². The van der Waals surface area contributed by atoms with Gasteiger partial charge in [-0.3, -0.25) is 4.79 Å². The molecule has 4 N–H and O–H groups in total. The van der Waals surface area contributed by atoms with Crippen molar-refractivity contribution in [2.45, 2.75) is 117 Å². The molecule has 13 heteroatoms. The number of rotatable bonds is 13. The van der Waals surface area contributed by atoms with Gasteiger partial charge in [0.2, 0.25) is 0 Å². The second-order valence-corrected chi connectivity index (χ2v) is 19.8. The number of Topliss-reactive ketones (excluding diaryl/α,β-unsaturated/α-hetero) is 1. The van der Waals surface area contributed by atoms with E-state index in [2.05, 4.69) is 39.9 Å². The zero-order valence-corrected chi connectivity index (χ0v) is 31.0. The van der Waals surface area contributed by atoms with Crippen LogP contribution < -0.4 is 19.5 Å². The van der Waals surface area contributed by atoms with Crippen molar-refractivity contribution in [2.24, 2.45) is 22.7 Å². The number of halogens is 1. The van der Waals surface area contributed by atoms with Gasteiger partial charge < -0.3 is 0 Å². The monoisotopic (exact) mass is 771 g/mol. The molecule has 5 atom stereocenters. The maximum atomic E-state index is 14.4. The molecule has 0 radical (unpaired) electrons. The van der Waals surface area contributed by atoms with Crippen LogP contribution in [0.15, 0.2) is 12.7 Å². The first-order valence-corrected chi connectivity index (χ1v) is 20.7. The molecule has 2 aliphatic carbocycles. The van der Waals surface area contributed by atoms with Gasteiger partial charge in [0.1, 0.15) is 0 Å². The molecule has 4 fully saturated rings. The van der Waals surface area contributed by atoms with Crippen LogP contribution in [-0.2, 0) is 28.7 Å². The molecule has 0 bridgehead atoms. The SMILES string of the molecule is C=CCNC(=O)C(=O)I(CCCC)NC(=O)[C@@H]1C2C(CN1C(=O)[C@@H](NC(=O)NC1([C@@H]3OCCC3=O)CCCCC1)C(C)(C)C)C2(C)C. The average molecular weight is 772 g/mol. The van der Waals surface area contributed by atoms with Crippen LogP contribution in [0.25, 0.3) is 0 Å². The fourth-order valence-corrected chi connectivity index (χ4v) is 11.8. The number of alkyl halides is 1. The van der Waals surface area contributed by atoms with Gasteiger partial charge in [0.25, 0.3) is 0 Å². The molecule has 4 aliphatic rings. The van der Waals surface area contributed by atoms with Gasteiger partial charge in [0, 0.05) is 6.42 Å². The van der Waals surface area contributed by atoms with E-state index in [1.54, 1.807) is 4.90 Å². The van der Waals surface area contributed by atoms with Crippen molar-refractivity contribution in [3.8, 4) is 0 Å². The number of carbonyl (C=O) groups is 6. The van der Waals surface area contributed by atoms with Gasteiger partial charge in [-0.05, 0) is 0 Å². The van der Waals surface area contributed by atoms with Gasteiger partial charge in [0.05, 0.1) is 6.61 Å². The van der Waals surface area contributed by atoms with E-state index in [4.69, 9.17) is 4.74 Å². The van der Waals surface area contributed by atoms with Gasteiger partial charge in [-0.2, -0.15) is 0 Å². The van der Waals surface area contributed by atoms with Crippen molar-refractivity contribution in [1.29, 1.82) is 0 Å². The summed E-state index contributed by atoms with van der Waals surface area (Å²) >= 11 is -2.96. The number of nitrogens with zero attached hydrogens (tertiary/aromatic N) is 1. The number of nitrogens with one attached hydrogen (secondary N) is 4. The van der Waals surface area contributed by atoms with E-state index >= 15 is 0 Å². The summed E-state index contributed by atoms with van der Waals surface area (Å²) < 4.78 is 8.69. The summed E-state index contributed by atoms with van der Waals surface area (Å²) in [5.74, 6) is -1.52. The minimum atomic E-state index is -2.96. The molecule has 5 amide bonds. The van der Waals surface area contributed by atoms with Crippen LogP contribution in [0.5, 0.6) is 0 Å². The molecule has 264 valence electrons. The van der Waals surface area contributed by atoms with Crippen LogP contribution in [0.2, 0.25) is 0 Å². The minimum absolute atomic E-state index is 0.0127. The molecule has 12 nitrogen and oxygen atoms in total. The van der Waals surface area contributed by atoms with Gasteiger partial charge in [-0.25, -0.2) is 0 Å². The van der Waals surface area contributed by atoms with Crippen LogP contribution in [0, 0.1) is 22.7 Å². The van der Waals surface area contributed by atoms with Crippen LogP contribution >= 0.6 is 20.1 Å². The fraction of sp³-hybridized carbons (Fsp3) is 0.765. The number of fused-ring (bicyclic) bond motifs is 1. The fourth-order valence-electron chi connectivity index (χ4n) is 7.58. The molecule has 2 heterocycles. The van der Waals surface area contributed by atoms with E-state index in [1.807, 2.05) is 27.7 Å². The Morgan fingerprint density at radius 1 is 1.13 bits per heavy atom. The van der Waals surface area contributed by atoms with E-state index in [9.17, 15) is 28.8 Å². The quantitative estimate of drug-likeness (QED) is 0.0557. The van der Waals surface area contributed by atoms with Crippen LogP contribution in [-0.4, -0.2) is 86.1 Å². The van der Waals surface area contributed by atoms with Gasteiger partial charge in [-0.15, -0.1) is 0 Å². The molecule has 47 heavy (non-hydrogen) atoms. The Balaban J connectivity index is 1.54. The molecule has 2 saturated heterocycles. The average Bonchev–Trinajstić information content (AvgIpc) is 3.38. The summed E-state index contributed by atoms with van der Waals surface area (Å²) in [6.07, 6.45) is 6.58. The second kappa shape index (κ2) is 14.9. The number of urea groups is 1. The van der Waals surface area contributed by atoms with Crippen molar-refractivity contribution in [1.82, 2.24) is 24.4 Å². The third-order valence-corrected chi connectivity index (χ3v) is 15.1. The second-order valence-electron chi connectivity index (χ2n) is 15.1. The number of unbranched alkanes of at least 4 members (excludes halogenated alkanes) is 1. The summed E-state index contributed by atoms with van der Waals surface area (Å²) in [7, 11) is 0. The van der Waals surface area contributed by atoms with Crippen LogP contribution in [0.4, 0.5) is 4.79 Å². The number of likely N-dealkylation sites (tertiary alicyclic amines) is 1. The standard InChI is InChI=1S/C34H54IN5O7/c1-8-10-17-35(27(42)29(44)36-18-9-2)39-28(43)24-23-21(33(23,6)7)20-40(24)30(45)25(32(3,4)5)37-31(46)38-34(15-12-11-13-16-34)26-22(41)14-19-47-26/h9,21,23-26H,2,8,10-20H2,1,3-7H3,(H,36,44)(H,39,43)(H2,37,38,46)/t21?,23?,24-,25+,26+/m0/s1. The number of hydrogen-bond acceptors (Lipinski definition) is 7. The first-order chi connectivity index (χ1) is 22.1. The normalized spacial score (nSPS) is 26.8. The van der Waals surface area contributed by atoms with Crippen LogP contribution in [0.3, 0.4) is 0 Å². The van der Waals surface area contributed by atoms with E-state index in [0.29, 0.717) is 43.3 Å². The number of hydrogen-bond donors (Lipinski definition) is 4. The molecular formula is C34H54IN5O7. The molecule has 4 rings (SSSR count). The number of carbonyl (C=O) groups excluding carboxylic acids is 6. The summed E-state index contributed by atoms with van der Waals surface area (Å²) in [4.78, 5) is 82.2. The van der Waals surface area contributed by atoms with Gasteiger partial charge in [-0.1, -0.05) is 6.42 Å². The Hall–Kier alpha value is -2.55. The van der Waals surface area contributed by atoms with E-state index in [-0.39, 0.29) is 35.5 Å². The zero-order valence-electron chi connectivity index (χ0n) is 28.8. The predicted octanol–water partition coefficient (Wildman–Crippen LogP) is 3.41. The third-order valence-electron chi connectivity index (χ3n) is 10.4. The molecule has 2 saturated carbocycles. The number of ketones is 1. The molecule has 0 aromatic rings. The van der Waals surface area contributed by atoms with Gasteiger partial charge in [0.15, 0.2) is 0 Å². The summed E-state index contributed by atoms with van der Waals surface area (Å²) in [6, 6.07) is -2.34. The molecular weight excluding hydrogens is 717 g/mol. The molecule has 2 unspecified atom stereocenters. The van der Waals surface area contributed by atoms with Gasteiger partial charge >= 0.3 is 263 Å². The summed E-state index contributed by atoms with van der Waals surface area (Å²) in [5.41, 5.74) is -1.71. The van der Waals surface area contributed by atoms with Crippen molar-refractivity contribution in [3.05, 3.63) is 12.7 Å². The Labute approximate surface area is 286 Å². The first-order valence-electron chi connectivity index (χ1n) is 17.0. The first kappa shape index (κ1) is 37.3. The van der Waals surface area contributed by atoms with Crippen molar-refractivity contribution >= 4 is 53.4 Å².